The van der Waals surface area contributed by atoms with Gasteiger partial charge in [-0.1, -0.05) is 34.7 Å². The molecular formula is C16H18ClN5O4S2. The van der Waals surface area contributed by atoms with Gasteiger partial charge in [0.15, 0.2) is 4.34 Å². The number of carbonyl (C=O) groups excluding carboxylic acids is 1. The van der Waals surface area contributed by atoms with Gasteiger partial charge < -0.3 is 15.4 Å². The highest BCUT2D eigenvalue weighted by Gasteiger charge is 2.20. The summed E-state index contributed by atoms with van der Waals surface area (Å²) in [6.45, 7) is 3.19. The van der Waals surface area contributed by atoms with Crippen molar-refractivity contribution >= 4 is 57.1 Å². The van der Waals surface area contributed by atoms with Gasteiger partial charge in [-0.15, -0.1) is 10.2 Å². The fourth-order valence-corrected chi connectivity index (χ4v) is 4.56. The number of nitro groups is 1. The molecule has 150 valence electrons. The number of ether oxygens (including phenoxy) is 1. The number of benzene rings is 1. The maximum absolute atomic E-state index is 12.4. The summed E-state index contributed by atoms with van der Waals surface area (Å²) in [5.41, 5.74) is 0.0515. The number of carbonyl (C=O) groups is 1. The van der Waals surface area contributed by atoms with Crippen LogP contribution in [0.4, 0.5) is 16.5 Å². The number of nitrogens with one attached hydrogen (secondary N) is 2. The molecule has 1 amide bonds. The third-order valence-corrected chi connectivity index (χ3v) is 6.37. The topological polar surface area (TPSA) is 119 Å². The number of aromatic nitrogens is 2. The van der Waals surface area contributed by atoms with E-state index in [0.29, 0.717) is 16.0 Å². The van der Waals surface area contributed by atoms with Crippen LogP contribution >= 0.6 is 34.7 Å². The van der Waals surface area contributed by atoms with Crippen LogP contribution in [0.25, 0.3) is 0 Å². The van der Waals surface area contributed by atoms with Crippen molar-refractivity contribution in [3.63, 3.8) is 0 Å². The summed E-state index contributed by atoms with van der Waals surface area (Å²) in [4.78, 5) is 22.8. The molecule has 28 heavy (non-hydrogen) atoms. The first-order valence-electron chi connectivity index (χ1n) is 8.53. The smallest absolute Gasteiger partial charge is 0.271 e. The Morgan fingerprint density at radius 3 is 3.07 bits per heavy atom. The maximum Gasteiger partial charge on any atom is 0.271 e. The molecular weight excluding hydrogens is 426 g/mol. The number of nitro benzene ring substituents is 1. The van der Waals surface area contributed by atoms with Crippen LogP contribution in [0.5, 0.6) is 0 Å². The number of halogens is 1. The third-order valence-electron chi connectivity index (χ3n) is 3.98. The molecule has 1 aliphatic rings. The monoisotopic (exact) mass is 443 g/mol. The Labute approximate surface area is 174 Å². The number of amides is 1. The predicted octanol–water partition coefficient (Wildman–Crippen LogP) is 3.81. The fraction of sp³-hybridized carbons (Fsp3) is 0.438. The summed E-state index contributed by atoms with van der Waals surface area (Å²) in [6.07, 6.45) is 2.31. The Morgan fingerprint density at radius 2 is 2.36 bits per heavy atom. The summed E-state index contributed by atoms with van der Waals surface area (Å²) in [5, 5.41) is 25.3. The highest BCUT2D eigenvalue weighted by Crippen LogP contribution is 2.31. The molecule has 0 spiro atoms. The van der Waals surface area contributed by atoms with Gasteiger partial charge in [0.2, 0.25) is 11.0 Å². The second-order valence-electron chi connectivity index (χ2n) is 6.06. The van der Waals surface area contributed by atoms with Crippen LogP contribution in [0.1, 0.15) is 19.8 Å². The lowest BCUT2D eigenvalue weighted by Gasteiger charge is -2.11. The summed E-state index contributed by atoms with van der Waals surface area (Å²) >= 11 is 8.63. The van der Waals surface area contributed by atoms with Gasteiger partial charge in [0.05, 0.1) is 27.0 Å². The number of thioether (sulfide) groups is 1. The lowest BCUT2D eigenvalue weighted by atomic mass is 10.2. The van der Waals surface area contributed by atoms with Crippen LogP contribution in [-0.4, -0.2) is 45.5 Å². The Hall–Kier alpha value is -1.95. The van der Waals surface area contributed by atoms with Gasteiger partial charge in [-0.2, -0.15) is 0 Å². The van der Waals surface area contributed by atoms with Gasteiger partial charge in [0.1, 0.15) is 0 Å². The van der Waals surface area contributed by atoms with E-state index < -0.39 is 10.2 Å². The largest absolute Gasteiger partial charge is 0.376 e. The number of nitrogens with zero attached hydrogens (tertiary/aromatic N) is 3. The molecule has 1 aromatic heterocycles. The highest BCUT2D eigenvalue weighted by molar-refractivity contribution is 8.02. The summed E-state index contributed by atoms with van der Waals surface area (Å²) in [7, 11) is 0. The fourth-order valence-electron chi connectivity index (χ4n) is 2.50. The third kappa shape index (κ3) is 5.53. The van der Waals surface area contributed by atoms with E-state index in [1.54, 1.807) is 6.92 Å². The average Bonchev–Trinajstić information content (AvgIpc) is 3.33. The quantitative estimate of drug-likeness (QED) is 0.359. The van der Waals surface area contributed by atoms with E-state index in [1.807, 2.05) is 0 Å². The molecule has 0 radical (unpaired) electrons. The molecule has 0 aliphatic carbocycles. The predicted molar refractivity (Wildman–Crippen MR) is 109 cm³/mol. The summed E-state index contributed by atoms with van der Waals surface area (Å²) < 4.78 is 6.19. The SMILES string of the molecule is C[C@@H](Sc1nnc(NC[C@H]2CCCO2)s1)C(=O)Nc1cc([N+](=O)[O-])ccc1Cl. The lowest BCUT2D eigenvalue weighted by molar-refractivity contribution is -0.384. The van der Waals surface area contributed by atoms with Crippen molar-refractivity contribution in [2.24, 2.45) is 0 Å². The van der Waals surface area contributed by atoms with Gasteiger partial charge in [-0.3, -0.25) is 14.9 Å². The first-order chi connectivity index (χ1) is 13.4. The van der Waals surface area contributed by atoms with E-state index in [0.717, 1.165) is 19.4 Å². The van der Waals surface area contributed by atoms with E-state index in [9.17, 15) is 14.9 Å². The molecule has 1 aromatic carbocycles. The molecule has 1 fully saturated rings. The normalized spacial score (nSPS) is 17.3. The van der Waals surface area contributed by atoms with Gasteiger partial charge in [-0.05, 0) is 25.8 Å². The van der Waals surface area contributed by atoms with Crippen molar-refractivity contribution in [2.45, 2.75) is 35.5 Å². The van der Waals surface area contributed by atoms with Crippen LogP contribution in [0.2, 0.25) is 5.02 Å². The first kappa shape index (κ1) is 20.8. The molecule has 2 N–H and O–H groups in total. The van der Waals surface area contributed by atoms with Crippen molar-refractivity contribution in [1.29, 1.82) is 0 Å². The molecule has 0 unspecified atom stereocenters. The minimum absolute atomic E-state index is 0.147. The first-order valence-corrected chi connectivity index (χ1v) is 10.6. The van der Waals surface area contributed by atoms with E-state index in [-0.39, 0.29) is 28.4 Å². The lowest BCUT2D eigenvalue weighted by Crippen LogP contribution is -2.22. The molecule has 9 nitrogen and oxygen atoms in total. The van der Waals surface area contributed by atoms with Gasteiger partial charge in [0.25, 0.3) is 5.69 Å². The van der Waals surface area contributed by atoms with Gasteiger partial charge in [0, 0.05) is 25.3 Å². The molecule has 1 aliphatic heterocycles. The van der Waals surface area contributed by atoms with Crippen LogP contribution in [0.3, 0.4) is 0 Å². The summed E-state index contributed by atoms with van der Waals surface area (Å²) in [5.74, 6) is -0.337. The Balaban J connectivity index is 1.54. The molecule has 0 bridgehead atoms. The average molecular weight is 444 g/mol. The standard InChI is InChI=1S/C16H18ClN5O4S2/c1-9(14(23)19-13-7-10(22(24)25)4-5-12(13)17)27-16-21-20-15(28-16)18-8-11-3-2-6-26-11/h4-5,7,9,11H,2-3,6,8H2,1H3,(H,18,20)(H,19,23)/t9-,11-/m1/s1. The van der Waals surface area contributed by atoms with Crippen molar-refractivity contribution in [3.05, 3.63) is 33.3 Å². The molecule has 2 atom stereocenters. The molecule has 3 rings (SSSR count). The number of non-ortho nitro benzene ring substituents is 1. The second kappa shape index (κ2) is 9.50. The number of anilines is 2. The van der Waals surface area contributed by atoms with E-state index in [4.69, 9.17) is 16.3 Å². The number of hydrogen-bond donors (Lipinski definition) is 2. The Kier molecular flexibility index (Phi) is 7.05. The minimum atomic E-state index is -0.545. The highest BCUT2D eigenvalue weighted by atomic mass is 35.5. The van der Waals surface area contributed by atoms with Crippen LogP contribution in [0.15, 0.2) is 22.5 Å². The van der Waals surface area contributed by atoms with Crippen molar-refractivity contribution in [1.82, 2.24) is 10.2 Å². The van der Waals surface area contributed by atoms with Gasteiger partial charge >= 0.3 is 0 Å². The van der Waals surface area contributed by atoms with E-state index in [2.05, 4.69) is 20.8 Å². The number of hydrogen-bond acceptors (Lipinski definition) is 9. The molecule has 12 heteroatoms. The van der Waals surface area contributed by atoms with Gasteiger partial charge in [-0.25, -0.2) is 0 Å². The number of rotatable bonds is 8. The van der Waals surface area contributed by atoms with Crippen LogP contribution in [-0.2, 0) is 9.53 Å². The van der Waals surface area contributed by atoms with E-state index >= 15 is 0 Å². The molecule has 1 saturated heterocycles. The maximum atomic E-state index is 12.4. The van der Waals surface area contributed by atoms with Crippen molar-refractivity contribution < 1.29 is 14.5 Å². The Morgan fingerprint density at radius 1 is 1.54 bits per heavy atom. The van der Waals surface area contributed by atoms with E-state index in [1.165, 1.54) is 41.3 Å². The molecule has 2 aromatic rings. The second-order valence-corrected chi connectivity index (χ2v) is 9.03. The van der Waals surface area contributed by atoms with Crippen LogP contribution in [0, 0.1) is 10.1 Å². The zero-order chi connectivity index (χ0) is 20.1. The zero-order valence-corrected chi connectivity index (χ0v) is 17.3. The summed E-state index contributed by atoms with van der Waals surface area (Å²) in [6, 6.07) is 3.89. The van der Waals surface area contributed by atoms with Crippen molar-refractivity contribution in [2.75, 3.05) is 23.8 Å². The Bertz CT molecular complexity index is 859. The van der Waals surface area contributed by atoms with Crippen LogP contribution < -0.4 is 10.6 Å². The molecule has 0 saturated carbocycles. The zero-order valence-electron chi connectivity index (χ0n) is 14.9. The minimum Gasteiger partial charge on any atom is -0.376 e. The van der Waals surface area contributed by atoms with Crippen molar-refractivity contribution in [3.8, 4) is 0 Å². The molecule has 2 heterocycles.